The Bertz CT molecular complexity index is 643. The van der Waals surface area contributed by atoms with Gasteiger partial charge in [-0.25, -0.2) is 8.42 Å². The van der Waals surface area contributed by atoms with E-state index in [0.29, 0.717) is 57.2 Å². The van der Waals surface area contributed by atoms with Crippen LogP contribution < -0.4 is 5.32 Å². The van der Waals surface area contributed by atoms with E-state index in [-0.39, 0.29) is 11.8 Å². The smallest absolute Gasteiger partial charge is 0.243 e. The number of hydrogen-bond donors (Lipinski definition) is 1. The van der Waals surface area contributed by atoms with E-state index in [0.717, 1.165) is 6.42 Å². The van der Waals surface area contributed by atoms with Gasteiger partial charge in [-0.1, -0.05) is 18.2 Å². The molecule has 2 rings (SSSR count). The van der Waals surface area contributed by atoms with Crippen molar-refractivity contribution in [2.45, 2.75) is 24.2 Å². The first-order chi connectivity index (χ1) is 12.6. The number of benzene rings is 1. The van der Waals surface area contributed by atoms with Crippen LogP contribution in [-0.4, -0.2) is 65.2 Å². The standard InChI is InChI=1S/C18H28N2O5S/c1-24-14-15-25-13-5-10-19-18(21)16-8-11-20(12-9-16)26(22,23)17-6-3-2-4-7-17/h2-4,6-7,16H,5,8-15H2,1H3,(H,19,21). The zero-order chi connectivity index (χ0) is 18.8. The Morgan fingerprint density at radius 1 is 1.15 bits per heavy atom. The molecule has 1 saturated heterocycles. The van der Waals surface area contributed by atoms with Crippen LogP contribution in [-0.2, 0) is 24.3 Å². The van der Waals surface area contributed by atoms with Crippen molar-refractivity contribution in [2.24, 2.45) is 5.92 Å². The summed E-state index contributed by atoms with van der Waals surface area (Å²) in [6.45, 7) is 3.01. The SMILES string of the molecule is COCCOCCCNC(=O)C1CCN(S(=O)(=O)c2ccccc2)CC1. The fraction of sp³-hybridized carbons (Fsp3) is 0.611. The fourth-order valence-corrected chi connectivity index (χ4v) is 4.37. The molecule has 7 nitrogen and oxygen atoms in total. The molecule has 0 aliphatic carbocycles. The summed E-state index contributed by atoms with van der Waals surface area (Å²) in [6, 6.07) is 8.42. The van der Waals surface area contributed by atoms with Crippen LogP contribution in [0.2, 0.25) is 0 Å². The van der Waals surface area contributed by atoms with Gasteiger partial charge in [0.1, 0.15) is 0 Å². The Labute approximate surface area is 155 Å². The van der Waals surface area contributed by atoms with Gasteiger partial charge in [-0.05, 0) is 31.4 Å². The molecule has 26 heavy (non-hydrogen) atoms. The number of piperidine rings is 1. The molecule has 0 bridgehead atoms. The van der Waals surface area contributed by atoms with Crippen molar-refractivity contribution in [3.05, 3.63) is 30.3 Å². The van der Waals surface area contributed by atoms with Gasteiger partial charge in [0.15, 0.2) is 0 Å². The Morgan fingerprint density at radius 2 is 1.85 bits per heavy atom. The highest BCUT2D eigenvalue weighted by molar-refractivity contribution is 7.89. The second kappa shape index (κ2) is 10.6. The number of sulfonamides is 1. The number of nitrogens with one attached hydrogen (secondary N) is 1. The molecular weight excluding hydrogens is 356 g/mol. The van der Waals surface area contributed by atoms with E-state index in [4.69, 9.17) is 9.47 Å². The van der Waals surface area contributed by atoms with Gasteiger partial charge in [0.25, 0.3) is 0 Å². The number of methoxy groups -OCH3 is 1. The highest BCUT2D eigenvalue weighted by Gasteiger charge is 2.31. The Morgan fingerprint density at radius 3 is 2.50 bits per heavy atom. The summed E-state index contributed by atoms with van der Waals surface area (Å²) in [5.41, 5.74) is 0. The van der Waals surface area contributed by atoms with Gasteiger partial charge in [-0.15, -0.1) is 0 Å². The molecule has 0 spiro atoms. The number of carbonyl (C=O) groups excluding carboxylic acids is 1. The molecule has 1 aromatic rings. The molecule has 1 aliphatic rings. The molecule has 0 saturated carbocycles. The molecular formula is C18H28N2O5S. The Balaban J connectivity index is 1.70. The highest BCUT2D eigenvalue weighted by atomic mass is 32.2. The number of nitrogens with zero attached hydrogens (tertiary/aromatic N) is 1. The van der Waals surface area contributed by atoms with E-state index >= 15 is 0 Å². The molecule has 1 aromatic carbocycles. The van der Waals surface area contributed by atoms with Crippen molar-refractivity contribution < 1.29 is 22.7 Å². The second-order valence-corrected chi connectivity index (χ2v) is 8.18. The van der Waals surface area contributed by atoms with Gasteiger partial charge in [-0.3, -0.25) is 4.79 Å². The summed E-state index contributed by atoms with van der Waals surface area (Å²) >= 11 is 0. The van der Waals surface area contributed by atoms with Crippen LogP contribution in [0.5, 0.6) is 0 Å². The van der Waals surface area contributed by atoms with E-state index in [1.165, 1.54) is 4.31 Å². The molecule has 0 atom stereocenters. The first kappa shape index (κ1) is 20.8. The van der Waals surface area contributed by atoms with E-state index < -0.39 is 10.0 Å². The normalized spacial score (nSPS) is 16.5. The summed E-state index contributed by atoms with van der Waals surface area (Å²) < 4.78 is 36.9. The molecule has 0 radical (unpaired) electrons. The van der Waals surface area contributed by atoms with Gasteiger partial charge in [0.2, 0.25) is 15.9 Å². The van der Waals surface area contributed by atoms with Crippen LogP contribution in [0.15, 0.2) is 35.2 Å². The van der Waals surface area contributed by atoms with Crippen molar-refractivity contribution in [3.63, 3.8) is 0 Å². The largest absolute Gasteiger partial charge is 0.382 e. The van der Waals surface area contributed by atoms with Crippen LogP contribution in [0.4, 0.5) is 0 Å². The molecule has 0 aromatic heterocycles. The third kappa shape index (κ3) is 6.05. The lowest BCUT2D eigenvalue weighted by Gasteiger charge is -2.30. The van der Waals surface area contributed by atoms with Gasteiger partial charge < -0.3 is 14.8 Å². The van der Waals surface area contributed by atoms with E-state index in [9.17, 15) is 13.2 Å². The predicted molar refractivity (Wildman–Crippen MR) is 98.2 cm³/mol. The van der Waals surface area contributed by atoms with E-state index in [1.54, 1.807) is 37.4 Å². The zero-order valence-electron chi connectivity index (χ0n) is 15.2. The van der Waals surface area contributed by atoms with Crippen molar-refractivity contribution >= 4 is 15.9 Å². The van der Waals surface area contributed by atoms with Gasteiger partial charge in [0.05, 0.1) is 18.1 Å². The number of rotatable bonds is 10. The third-order valence-corrected chi connectivity index (χ3v) is 6.32. The van der Waals surface area contributed by atoms with Crippen LogP contribution in [0, 0.1) is 5.92 Å². The van der Waals surface area contributed by atoms with E-state index in [2.05, 4.69) is 5.32 Å². The topological polar surface area (TPSA) is 84.9 Å². The number of ether oxygens (including phenoxy) is 2. The molecule has 8 heteroatoms. The molecule has 1 N–H and O–H groups in total. The maximum absolute atomic E-state index is 12.6. The Kier molecular flexibility index (Phi) is 8.50. The molecule has 1 aliphatic heterocycles. The van der Waals surface area contributed by atoms with Crippen molar-refractivity contribution in [1.29, 1.82) is 0 Å². The van der Waals surface area contributed by atoms with Gasteiger partial charge >= 0.3 is 0 Å². The maximum atomic E-state index is 12.6. The molecule has 146 valence electrons. The summed E-state index contributed by atoms with van der Waals surface area (Å²) in [5.74, 6) is -0.134. The number of hydrogen-bond acceptors (Lipinski definition) is 5. The second-order valence-electron chi connectivity index (χ2n) is 6.24. The molecule has 0 unspecified atom stereocenters. The molecule has 1 heterocycles. The zero-order valence-corrected chi connectivity index (χ0v) is 16.0. The first-order valence-corrected chi connectivity index (χ1v) is 10.4. The van der Waals surface area contributed by atoms with Crippen LogP contribution in [0.1, 0.15) is 19.3 Å². The molecule has 1 amide bonds. The van der Waals surface area contributed by atoms with Gasteiger partial charge in [-0.2, -0.15) is 4.31 Å². The minimum Gasteiger partial charge on any atom is -0.382 e. The number of carbonyl (C=O) groups is 1. The summed E-state index contributed by atoms with van der Waals surface area (Å²) in [4.78, 5) is 12.5. The van der Waals surface area contributed by atoms with Crippen LogP contribution in [0.3, 0.4) is 0 Å². The summed E-state index contributed by atoms with van der Waals surface area (Å²) in [6.07, 6.45) is 1.83. The average molecular weight is 384 g/mol. The minimum atomic E-state index is -3.47. The molecule has 1 fully saturated rings. The summed E-state index contributed by atoms with van der Waals surface area (Å²) in [7, 11) is -1.84. The predicted octanol–water partition coefficient (Wildman–Crippen LogP) is 1.26. The van der Waals surface area contributed by atoms with Crippen molar-refractivity contribution in [1.82, 2.24) is 9.62 Å². The number of amides is 1. The van der Waals surface area contributed by atoms with E-state index in [1.807, 2.05) is 0 Å². The lowest BCUT2D eigenvalue weighted by molar-refractivity contribution is -0.126. The van der Waals surface area contributed by atoms with Crippen LogP contribution in [0.25, 0.3) is 0 Å². The highest BCUT2D eigenvalue weighted by Crippen LogP contribution is 2.23. The van der Waals surface area contributed by atoms with Crippen molar-refractivity contribution in [3.8, 4) is 0 Å². The van der Waals surface area contributed by atoms with Crippen molar-refractivity contribution in [2.75, 3.05) is 46.6 Å². The lowest BCUT2D eigenvalue weighted by Crippen LogP contribution is -2.43. The minimum absolute atomic E-state index is 0.00125. The summed E-state index contributed by atoms with van der Waals surface area (Å²) in [5, 5.41) is 2.91. The van der Waals surface area contributed by atoms with Gasteiger partial charge in [0, 0.05) is 39.3 Å². The quantitative estimate of drug-likeness (QED) is 0.614. The average Bonchev–Trinajstić information content (AvgIpc) is 2.68. The fourth-order valence-electron chi connectivity index (χ4n) is 2.87. The van der Waals surface area contributed by atoms with Crippen LogP contribution >= 0.6 is 0 Å². The Hall–Kier alpha value is -1.48. The maximum Gasteiger partial charge on any atom is 0.243 e. The third-order valence-electron chi connectivity index (χ3n) is 4.40. The monoisotopic (exact) mass is 384 g/mol. The lowest BCUT2D eigenvalue weighted by atomic mass is 9.97. The first-order valence-electron chi connectivity index (χ1n) is 8.95.